The Hall–Kier alpha value is -1.58. The first-order chi connectivity index (χ1) is 11.4. The van der Waals surface area contributed by atoms with Crippen molar-refractivity contribution >= 4 is 73.8 Å². The van der Waals surface area contributed by atoms with Gasteiger partial charge in [0, 0.05) is 5.02 Å². The van der Waals surface area contributed by atoms with Crippen LogP contribution in [0.1, 0.15) is 5.56 Å². The zero-order valence-electron chi connectivity index (χ0n) is 11.9. The summed E-state index contributed by atoms with van der Waals surface area (Å²) in [5.74, 6) is -0.330. The van der Waals surface area contributed by atoms with Gasteiger partial charge in [-0.3, -0.25) is 4.79 Å². The van der Waals surface area contributed by atoms with E-state index in [1.807, 2.05) is 22.6 Å². The number of halogens is 3. The topological polar surface area (TPSA) is 69.6 Å². The summed E-state index contributed by atoms with van der Waals surface area (Å²) in [5, 5.41) is 12.8. The molecule has 24 heavy (non-hydrogen) atoms. The summed E-state index contributed by atoms with van der Waals surface area (Å²) in [5.41, 5.74) is 1.26. The van der Waals surface area contributed by atoms with Crippen molar-refractivity contribution in [2.45, 2.75) is 0 Å². The number of rotatable bonds is 2. The van der Waals surface area contributed by atoms with Gasteiger partial charge in [0.25, 0.3) is 5.91 Å². The first-order valence-electron chi connectivity index (χ1n) is 6.67. The lowest BCUT2D eigenvalue weighted by Gasteiger charge is -2.11. The van der Waals surface area contributed by atoms with Gasteiger partial charge in [0.1, 0.15) is 11.4 Å². The highest BCUT2D eigenvalue weighted by atomic mass is 127. The van der Waals surface area contributed by atoms with Gasteiger partial charge in [-0.2, -0.15) is 0 Å². The number of urea groups is 1. The zero-order chi connectivity index (χ0) is 17.4. The summed E-state index contributed by atoms with van der Waals surface area (Å²) < 4.78 is 1.13. The van der Waals surface area contributed by atoms with E-state index in [-0.39, 0.29) is 11.4 Å². The average molecular weight is 520 g/mol. The number of hydrogen-bond acceptors (Lipinski definition) is 3. The molecule has 122 valence electrons. The third-order valence-electron chi connectivity index (χ3n) is 3.31. The fraction of sp³-hybridized carbons (Fsp3) is 0. The van der Waals surface area contributed by atoms with Crippen LogP contribution in [0.15, 0.2) is 46.6 Å². The maximum absolute atomic E-state index is 12.5. The Bertz CT molecular complexity index is 860. The van der Waals surface area contributed by atoms with Gasteiger partial charge in [0.2, 0.25) is 0 Å². The molecular formula is C16H9BrClIN2O3. The maximum Gasteiger partial charge on any atom is 0.333 e. The van der Waals surface area contributed by atoms with E-state index >= 15 is 0 Å². The second kappa shape index (κ2) is 6.73. The molecule has 2 aromatic carbocycles. The second-order valence-corrected chi connectivity index (χ2v) is 7.39. The maximum atomic E-state index is 12.5. The van der Waals surface area contributed by atoms with Crippen LogP contribution in [0.25, 0.3) is 6.08 Å². The number of amides is 3. The summed E-state index contributed by atoms with van der Waals surface area (Å²) in [6.45, 7) is 0. The van der Waals surface area contributed by atoms with Crippen LogP contribution in [0.4, 0.5) is 10.5 Å². The lowest BCUT2D eigenvalue weighted by atomic mass is 10.2. The minimum atomic E-state index is -0.527. The molecule has 0 unspecified atom stereocenters. The monoisotopic (exact) mass is 518 g/mol. The van der Waals surface area contributed by atoms with Crippen molar-refractivity contribution in [1.82, 2.24) is 5.32 Å². The van der Waals surface area contributed by atoms with Crippen LogP contribution in [0.5, 0.6) is 5.75 Å². The number of phenolic OH excluding ortho intramolecular Hbond substituents is 1. The molecule has 0 bridgehead atoms. The van der Waals surface area contributed by atoms with Crippen molar-refractivity contribution < 1.29 is 14.7 Å². The molecule has 3 amide bonds. The van der Waals surface area contributed by atoms with Crippen LogP contribution in [0.2, 0.25) is 5.02 Å². The predicted octanol–water partition coefficient (Wildman–Crippen LogP) is 4.51. The number of carbonyl (C=O) groups excluding carboxylic acids is 2. The van der Waals surface area contributed by atoms with Gasteiger partial charge in [-0.05, 0) is 86.6 Å². The third kappa shape index (κ3) is 3.28. The predicted molar refractivity (Wildman–Crippen MR) is 104 cm³/mol. The SMILES string of the molecule is O=C1N/C(=C/c2cc(Br)c(O)c(I)c2)C(=O)N1c1ccc(Cl)cc1. The van der Waals surface area contributed by atoms with Gasteiger partial charge in [-0.15, -0.1) is 0 Å². The number of nitrogens with zero attached hydrogens (tertiary/aromatic N) is 1. The lowest BCUT2D eigenvalue weighted by Crippen LogP contribution is -2.30. The van der Waals surface area contributed by atoms with E-state index in [1.54, 1.807) is 42.5 Å². The van der Waals surface area contributed by atoms with Crippen molar-refractivity contribution in [2.75, 3.05) is 4.90 Å². The number of nitrogens with one attached hydrogen (secondary N) is 1. The Morgan fingerprint density at radius 1 is 1.21 bits per heavy atom. The first-order valence-corrected chi connectivity index (χ1v) is 8.92. The van der Waals surface area contributed by atoms with Gasteiger partial charge in [0.05, 0.1) is 13.7 Å². The number of imide groups is 1. The van der Waals surface area contributed by atoms with Crippen LogP contribution >= 0.6 is 50.1 Å². The van der Waals surface area contributed by atoms with Crippen LogP contribution in [0, 0.1) is 3.57 Å². The molecule has 0 saturated carbocycles. The quantitative estimate of drug-likeness (QED) is 0.349. The molecule has 0 aromatic heterocycles. The molecule has 1 heterocycles. The number of carbonyl (C=O) groups is 2. The summed E-state index contributed by atoms with van der Waals surface area (Å²) in [6.07, 6.45) is 1.56. The van der Waals surface area contributed by atoms with Gasteiger partial charge in [0.15, 0.2) is 0 Å². The molecule has 0 atom stereocenters. The Balaban J connectivity index is 1.95. The van der Waals surface area contributed by atoms with Gasteiger partial charge in [-0.25, -0.2) is 9.69 Å². The molecule has 1 saturated heterocycles. The first kappa shape index (κ1) is 17.2. The van der Waals surface area contributed by atoms with Crippen LogP contribution in [-0.2, 0) is 4.79 Å². The fourth-order valence-corrected chi connectivity index (χ4v) is 3.82. The highest BCUT2D eigenvalue weighted by Crippen LogP contribution is 2.32. The second-order valence-electron chi connectivity index (χ2n) is 4.94. The highest BCUT2D eigenvalue weighted by Gasteiger charge is 2.34. The highest BCUT2D eigenvalue weighted by molar-refractivity contribution is 14.1. The Morgan fingerprint density at radius 3 is 2.50 bits per heavy atom. The van der Waals surface area contributed by atoms with Crippen molar-refractivity contribution in [2.24, 2.45) is 0 Å². The van der Waals surface area contributed by atoms with E-state index in [2.05, 4.69) is 21.2 Å². The number of anilines is 1. The van der Waals surface area contributed by atoms with Crippen molar-refractivity contribution in [1.29, 1.82) is 0 Å². The van der Waals surface area contributed by atoms with Gasteiger partial charge >= 0.3 is 6.03 Å². The Labute approximate surface area is 164 Å². The van der Waals surface area contributed by atoms with Crippen molar-refractivity contribution in [3.63, 3.8) is 0 Å². The van der Waals surface area contributed by atoms with Gasteiger partial charge < -0.3 is 10.4 Å². The lowest BCUT2D eigenvalue weighted by molar-refractivity contribution is -0.113. The molecule has 2 N–H and O–H groups in total. The van der Waals surface area contributed by atoms with Gasteiger partial charge in [-0.1, -0.05) is 11.6 Å². The normalized spacial score (nSPS) is 16.0. The largest absolute Gasteiger partial charge is 0.506 e. The van der Waals surface area contributed by atoms with E-state index in [4.69, 9.17) is 11.6 Å². The number of aromatic hydroxyl groups is 1. The van der Waals surface area contributed by atoms with Crippen molar-refractivity contribution in [3.8, 4) is 5.75 Å². The molecule has 1 aliphatic heterocycles. The molecule has 0 aliphatic carbocycles. The number of phenols is 1. The summed E-state index contributed by atoms with van der Waals surface area (Å²) in [4.78, 5) is 25.7. The van der Waals surface area contributed by atoms with Crippen LogP contribution in [0.3, 0.4) is 0 Å². The smallest absolute Gasteiger partial charge is 0.333 e. The fourth-order valence-electron chi connectivity index (χ4n) is 2.19. The number of benzene rings is 2. The average Bonchev–Trinajstić information content (AvgIpc) is 2.80. The standard InChI is InChI=1S/C16H9BrClIN2O3/c17-11-5-8(6-12(19)14(11)22)7-13-15(23)21(16(24)20-13)10-3-1-9(18)2-4-10/h1-7,22H,(H,20,24)/b13-7+. The van der Waals surface area contributed by atoms with Crippen LogP contribution in [-0.4, -0.2) is 17.0 Å². The summed E-state index contributed by atoms with van der Waals surface area (Å²) >= 11 is 11.1. The van der Waals surface area contributed by atoms with Crippen LogP contribution < -0.4 is 10.2 Å². The van der Waals surface area contributed by atoms with E-state index < -0.39 is 11.9 Å². The number of hydrogen-bond donors (Lipinski definition) is 2. The molecule has 3 rings (SSSR count). The molecule has 0 spiro atoms. The Kier molecular flexibility index (Phi) is 4.84. The molecular weight excluding hydrogens is 510 g/mol. The van der Waals surface area contributed by atoms with E-state index in [0.29, 0.717) is 24.3 Å². The summed E-state index contributed by atoms with van der Waals surface area (Å²) in [6, 6.07) is 9.26. The molecule has 1 fully saturated rings. The van der Waals surface area contributed by atoms with E-state index in [9.17, 15) is 14.7 Å². The molecule has 2 aromatic rings. The molecule has 5 nitrogen and oxygen atoms in total. The minimum Gasteiger partial charge on any atom is -0.506 e. The molecule has 8 heteroatoms. The Morgan fingerprint density at radius 2 is 1.88 bits per heavy atom. The third-order valence-corrected chi connectivity index (χ3v) is 4.99. The summed E-state index contributed by atoms with van der Waals surface area (Å²) in [7, 11) is 0. The van der Waals surface area contributed by atoms with E-state index in [0.717, 1.165) is 4.90 Å². The zero-order valence-corrected chi connectivity index (χ0v) is 16.4. The molecule has 1 aliphatic rings. The van der Waals surface area contributed by atoms with Crippen molar-refractivity contribution in [3.05, 3.63) is 60.7 Å². The minimum absolute atomic E-state index is 0.127. The van der Waals surface area contributed by atoms with E-state index in [1.165, 1.54) is 0 Å². The molecule has 0 radical (unpaired) electrons.